The molecule has 0 bridgehead atoms. The minimum absolute atomic E-state index is 0.0742. The van der Waals surface area contributed by atoms with E-state index in [1.165, 1.54) is 4.57 Å². The number of aromatic nitrogens is 5. The van der Waals surface area contributed by atoms with Crippen molar-refractivity contribution in [1.29, 1.82) is 0 Å². The molecule has 3 aromatic rings. The number of para-hydroxylation sites is 2. The minimum atomic E-state index is -2.81. The first kappa shape index (κ1) is 27.9. The van der Waals surface area contributed by atoms with Crippen molar-refractivity contribution in [3.8, 4) is 5.95 Å². The monoisotopic (exact) mass is 558 g/mol. The van der Waals surface area contributed by atoms with Crippen LogP contribution in [0.2, 0.25) is 0 Å². The molecule has 40 heavy (non-hydrogen) atoms. The molecule has 1 amide bonds. The summed E-state index contributed by atoms with van der Waals surface area (Å²) in [4.78, 5) is 32.0. The van der Waals surface area contributed by atoms with Gasteiger partial charge in [-0.1, -0.05) is 12.1 Å². The summed E-state index contributed by atoms with van der Waals surface area (Å²) in [6.07, 6.45) is 0.291. The van der Waals surface area contributed by atoms with Crippen LogP contribution in [0.25, 0.3) is 17.0 Å². The Kier molecular flexibility index (Phi) is 8.29. The van der Waals surface area contributed by atoms with Gasteiger partial charge in [0, 0.05) is 25.7 Å². The van der Waals surface area contributed by atoms with E-state index >= 15 is 0 Å². The van der Waals surface area contributed by atoms with E-state index in [1.54, 1.807) is 24.3 Å². The second-order valence-electron chi connectivity index (χ2n) is 11.2. The van der Waals surface area contributed by atoms with Gasteiger partial charge in [-0.05, 0) is 64.5 Å². The lowest BCUT2D eigenvalue weighted by Crippen LogP contribution is -2.41. The third-order valence-corrected chi connectivity index (χ3v) is 7.00. The first-order valence-corrected chi connectivity index (χ1v) is 13.7. The van der Waals surface area contributed by atoms with Gasteiger partial charge >= 0.3 is 6.09 Å². The zero-order valence-electron chi connectivity index (χ0n) is 23.1. The molecule has 2 fully saturated rings. The molecule has 216 valence electrons. The quantitative estimate of drug-likeness (QED) is 0.433. The fourth-order valence-corrected chi connectivity index (χ4v) is 5.06. The zero-order valence-corrected chi connectivity index (χ0v) is 23.1. The van der Waals surface area contributed by atoms with Crippen LogP contribution in [0.1, 0.15) is 58.7 Å². The van der Waals surface area contributed by atoms with Crippen molar-refractivity contribution in [1.82, 2.24) is 29.8 Å². The molecule has 11 nitrogen and oxygen atoms in total. The second kappa shape index (κ2) is 11.9. The smallest absolute Gasteiger partial charge is 0.407 e. The molecule has 2 aliphatic rings. The van der Waals surface area contributed by atoms with Crippen LogP contribution in [0.4, 0.5) is 25.5 Å². The number of alkyl halides is 2. The summed E-state index contributed by atoms with van der Waals surface area (Å²) in [6, 6.07) is 7.02. The molecular formula is C27H36F2N8O3. The maximum absolute atomic E-state index is 14.1. The fraction of sp³-hybridized carbons (Fsp3) is 0.593. The molecule has 1 aliphatic heterocycles. The van der Waals surface area contributed by atoms with Crippen LogP contribution in [0, 0.1) is 5.92 Å². The van der Waals surface area contributed by atoms with Crippen molar-refractivity contribution in [3.05, 3.63) is 30.1 Å². The Hall–Kier alpha value is -3.61. The number of carbonyl (C=O) groups excluding carboxylic acids is 1. The van der Waals surface area contributed by atoms with E-state index in [-0.39, 0.29) is 12.0 Å². The average molecular weight is 559 g/mol. The Morgan fingerprint density at radius 3 is 2.45 bits per heavy atom. The van der Waals surface area contributed by atoms with Crippen molar-refractivity contribution in [2.75, 3.05) is 43.1 Å². The van der Waals surface area contributed by atoms with E-state index in [1.807, 2.05) is 25.7 Å². The molecule has 0 radical (unpaired) electrons. The summed E-state index contributed by atoms with van der Waals surface area (Å²) in [5.74, 6) is 0.738. The lowest BCUT2D eigenvalue weighted by Gasteiger charge is -2.30. The molecule has 1 saturated heterocycles. The Morgan fingerprint density at radius 1 is 1.05 bits per heavy atom. The molecule has 0 unspecified atom stereocenters. The molecule has 2 N–H and O–H groups in total. The summed E-state index contributed by atoms with van der Waals surface area (Å²) in [5.41, 5.74) is 0.407. The van der Waals surface area contributed by atoms with E-state index in [2.05, 4.69) is 30.6 Å². The number of ether oxygens (including phenoxy) is 2. The van der Waals surface area contributed by atoms with Crippen molar-refractivity contribution >= 4 is 29.0 Å². The topological polar surface area (TPSA) is 119 Å². The third-order valence-electron chi connectivity index (χ3n) is 7.00. The number of imidazole rings is 1. The van der Waals surface area contributed by atoms with E-state index in [0.717, 1.165) is 25.7 Å². The van der Waals surface area contributed by atoms with Crippen LogP contribution >= 0.6 is 0 Å². The Bertz CT molecular complexity index is 1310. The first-order chi connectivity index (χ1) is 19.2. The number of hydrogen-bond acceptors (Lipinski definition) is 9. The third kappa shape index (κ3) is 6.75. The Balaban J connectivity index is 1.33. The van der Waals surface area contributed by atoms with Gasteiger partial charge < -0.3 is 25.0 Å². The van der Waals surface area contributed by atoms with E-state index in [4.69, 9.17) is 9.47 Å². The number of rotatable bonds is 7. The van der Waals surface area contributed by atoms with Gasteiger partial charge in [-0.3, -0.25) is 4.57 Å². The highest BCUT2D eigenvalue weighted by Crippen LogP contribution is 2.29. The fourth-order valence-electron chi connectivity index (χ4n) is 5.06. The molecule has 5 rings (SSSR count). The maximum Gasteiger partial charge on any atom is 0.407 e. The maximum atomic E-state index is 14.1. The molecule has 2 aromatic heterocycles. The highest BCUT2D eigenvalue weighted by molar-refractivity contribution is 5.77. The Morgan fingerprint density at radius 2 is 1.75 bits per heavy atom. The summed E-state index contributed by atoms with van der Waals surface area (Å²) < 4.78 is 40.3. The summed E-state index contributed by atoms with van der Waals surface area (Å²) in [5, 5.41) is 6.29. The van der Waals surface area contributed by atoms with Gasteiger partial charge in [-0.15, -0.1) is 0 Å². The van der Waals surface area contributed by atoms with Crippen molar-refractivity contribution in [3.63, 3.8) is 0 Å². The molecule has 1 saturated carbocycles. The number of halogens is 2. The van der Waals surface area contributed by atoms with Crippen LogP contribution in [0.5, 0.6) is 0 Å². The minimum Gasteiger partial charge on any atom is -0.444 e. The van der Waals surface area contributed by atoms with Crippen LogP contribution in [0.3, 0.4) is 0 Å². The van der Waals surface area contributed by atoms with Gasteiger partial charge in [0.15, 0.2) is 5.82 Å². The number of nitrogens with one attached hydrogen (secondary N) is 2. The first-order valence-electron chi connectivity index (χ1n) is 13.7. The number of fused-ring (bicyclic) bond motifs is 1. The van der Waals surface area contributed by atoms with Crippen LogP contribution < -0.4 is 15.5 Å². The van der Waals surface area contributed by atoms with Crippen molar-refractivity contribution in [2.24, 2.45) is 5.92 Å². The van der Waals surface area contributed by atoms with Crippen LogP contribution in [0.15, 0.2) is 24.3 Å². The summed E-state index contributed by atoms with van der Waals surface area (Å²) in [7, 11) is 0. The lowest BCUT2D eigenvalue weighted by molar-refractivity contribution is 0.0488. The van der Waals surface area contributed by atoms with Gasteiger partial charge in [-0.2, -0.15) is 15.0 Å². The van der Waals surface area contributed by atoms with Gasteiger partial charge in [0.2, 0.25) is 17.8 Å². The van der Waals surface area contributed by atoms with E-state index in [9.17, 15) is 13.6 Å². The number of morpholine rings is 1. The number of amides is 1. The van der Waals surface area contributed by atoms with E-state index in [0.29, 0.717) is 61.7 Å². The van der Waals surface area contributed by atoms with E-state index < -0.39 is 23.9 Å². The number of hydrogen-bond donors (Lipinski definition) is 2. The predicted octanol–water partition coefficient (Wildman–Crippen LogP) is 4.48. The normalized spacial score (nSPS) is 20.1. The van der Waals surface area contributed by atoms with Gasteiger partial charge in [0.25, 0.3) is 6.43 Å². The predicted molar refractivity (Wildman–Crippen MR) is 146 cm³/mol. The second-order valence-corrected chi connectivity index (χ2v) is 11.2. The largest absolute Gasteiger partial charge is 0.444 e. The van der Waals surface area contributed by atoms with Gasteiger partial charge in [0.05, 0.1) is 24.2 Å². The summed E-state index contributed by atoms with van der Waals surface area (Å²) >= 11 is 0. The number of nitrogens with zero attached hydrogens (tertiary/aromatic N) is 6. The molecule has 3 heterocycles. The van der Waals surface area contributed by atoms with Crippen molar-refractivity contribution < 1.29 is 23.0 Å². The molecule has 0 spiro atoms. The Labute approximate surface area is 231 Å². The molecule has 1 aromatic carbocycles. The standard InChI is InChI=1S/C27H36F2N8O3/c1-27(2,3)40-26(38)31-18-10-8-17(9-11-18)16-30-23-33-24(36-12-14-39-15-13-36)35-25(34-23)37-20-7-5-4-6-19(20)32-22(37)21(28)29/h4-7,17-18,21H,8-16H2,1-3H3,(H,31,38)(H,30,33,34,35)/t17-,18-. The van der Waals surface area contributed by atoms with Crippen LogP contribution in [-0.2, 0) is 9.47 Å². The lowest BCUT2D eigenvalue weighted by atomic mass is 9.86. The number of anilines is 2. The summed E-state index contributed by atoms with van der Waals surface area (Å²) in [6.45, 7) is 8.37. The SMILES string of the molecule is CC(C)(C)OC(=O)N[C@H]1CC[C@H](CNc2nc(N3CCOCC3)nc(-n3c(C(F)F)nc4ccccc43)n2)CC1. The van der Waals surface area contributed by atoms with Crippen molar-refractivity contribution in [2.45, 2.75) is 64.5 Å². The number of carbonyl (C=O) groups is 1. The highest BCUT2D eigenvalue weighted by atomic mass is 19.3. The number of benzene rings is 1. The van der Waals surface area contributed by atoms with Crippen LogP contribution in [-0.4, -0.2) is 75.1 Å². The highest BCUT2D eigenvalue weighted by Gasteiger charge is 2.27. The number of alkyl carbamates (subject to hydrolysis) is 1. The molecule has 1 aliphatic carbocycles. The van der Waals surface area contributed by atoms with Gasteiger partial charge in [-0.25, -0.2) is 18.6 Å². The average Bonchev–Trinajstić information content (AvgIpc) is 3.32. The molecule has 13 heteroatoms. The zero-order chi connectivity index (χ0) is 28.3. The van der Waals surface area contributed by atoms with Gasteiger partial charge in [0.1, 0.15) is 5.60 Å². The molecule has 0 atom stereocenters. The molecular weight excluding hydrogens is 522 g/mol.